The quantitative estimate of drug-likeness (QED) is 0.623. The molecule has 0 bridgehead atoms. The van der Waals surface area contributed by atoms with Crippen LogP contribution in [0.15, 0.2) is 53.0 Å². The molecule has 4 rings (SSSR count). The van der Waals surface area contributed by atoms with E-state index in [2.05, 4.69) is 38.7 Å². The molecule has 3 aromatic rings. The molecule has 0 atom stereocenters. The molecular formula is C21H18BrNO3. The third-order valence-corrected chi connectivity index (χ3v) is 5.51. The molecule has 1 heterocycles. The predicted molar refractivity (Wildman–Crippen MR) is 104 cm³/mol. The third kappa shape index (κ3) is 2.82. The number of aromatic nitrogens is 1. The van der Waals surface area contributed by atoms with E-state index in [0.717, 1.165) is 36.2 Å². The molecule has 1 aliphatic carbocycles. The van der Waals surface area contributed by atoms with Crippen LogP contribution >= 0.6 is 15.9 Å². The fourth-order valence-corrected chi connectivity index (χ4v) is 4.14. The van der Waals surface area contributed by atoms with Gasteiger partial charge in [0.05, 0.1) is 10.2 Å². The van der Waals surface area contributed by atoms with Gasteiger partial charge in [-0.05, 0) is 70.9 Å². The smallest absolute Gasteiger partial charge is 0.339 e. The summed E-state index contributed by atoms with van der Waals surface area (Å²) < 4.78 is 2.52. The first kappa shape index (κ1) is 16.9. The fraction of sp³-hybridized carbons (Fsp3) is 0.190. The number of nitrogens with zero attached hydrogens (tertiary/aromatic N) is 1. The summed E-state index contributed by atoms with van der Waals surface area (Å²) in [4.78, 5) is 11.5. The number of aromatic carboxylic acids is 1. The largest absolute Gasteiger partial charge is 0.506 e. The van der Waals surface area contributed by atoms with Gasteiger partial charge in [0.15, 0.2) is 0 Å². The molecule has 0 fully saturated rings. The molecule has 0 amide bonds. The topological polar surface area (TPSA) is 62.5 Å². The maximum atomic E-state index is 11.5. The number of phenols is 1. The van der Waals surface area contributed by atoms with E-state index in [1.165, 1.54) is 17.7 Å². The van der Waals surface area contributed by atoms with Crippen molar-refractivity contribution in [3.63, 3.8) is 0 Å². The van der Waals surface area contributed by atoms with Gasteiger partial charge in [-0.2, -0.15) is 0 Å². The lowest BCUT2D eigenvalue weighted by Gasteiger charge is -2.18. The zero-order valence-electron chi connectivity index (χ0n) is 14.1. The maximum Gasteiger partial charge on any atom is 0.339 e. The molecule has 0 radical (unpaired) electrons. The van der Waals surface area contributed by atoms with Crippen LogP contribution in [0.1, 0.15) is 34.5 Å². The highest BCUT2D eigenvalue weighted by molar-refractivity contribution is 9.10. The van der Waals surface area contributed by atoms with E-state index in [9.17, 15) is 15.0 Å². The van der Waals surface area contributed by atoms with Crippen molar-refractivity contribution in [2.45, 2.75) is 25.7 Å². The zero-order valence-corrected chi connectivity index (χ0v) is 15.7. The molecule has 26 heavy (non-hydrogen) atoms. The monoisotopic (exact) mass is 411 g/mol. The van der Waals surface area contributed by atoms with Gasteiger partial charge in [0.25, 0.3) is 0 Å². The highest BCUT2D eigenvalue weighted by Crippen LogP contribution is 2.37. The lowest BCUT2D eigenvalue weighted by Crippen LogP contribution is -2.09. The normalized spacial score (nSPS) is 13.4. The lowest BCUT2D eigenvalue weighted by atomic mass is 9.98. The lowest BCUT2D eigenvalue weighted by molar-refractivity contribution is 0.0693. The molecule has 0 saturated heterocycles. The molecule has 4 nitrogen and oxygen atoms in total. The number of aromatic hydroxyl groups is 1. The highest BCUT2D eigenvalue weighted by Gasteiger charge is 2.22. The molecule has 1 aliphatic rings. The molecule has 2 aromatic carbocycles. The first-order valence-corrected chi connectivity index (χ1v) is 9.40. The van der Waals surface area contributed by atoms with E-state index in [1.807, 2.05) is 18.2 Å². The van der Waals surface area contributed by atoms with Gasteiger partial charge >= 0.3 is 5.97 Å². The van der Waals surface area contributed by atoms with Crippen LogP contribution in [0.4, 0.5) is 0 Å². The second-order valence-corrected chi connectivity index (χ2v) is 7.39. The number of carboxylic acid groups (broad SMARTS) is 1. The van der Waals surface area contributed by atoms with Crippen LogP contribution in [0.2, 0.25) is 0 Å². The van der Waals surface area contributed by atoms with Crippen LogP contribution in [-0.4, -0.2) is 20.7 Å². The molecule has 0 spiro atoms. The third-order valence-electron chi connectivity index (χ3n) is 4.91. The summed E-state index contributed by atoms with van der Waals surface area (Å²) in [5.41, 5.74) is 5.32. The molecule has 1 aromatic heterocycles. The van der Waals surface area contributed by atoms with Gasteiger partial charge in [-0.25, -0.2) is 4.79 Å². The Hall–Kier alpha value is -2.53. The summed E-state index contributed by atoms with van der Waals surface area (Å²) in [6.07, 6.45) is 4.29. The number of benzene rings is 2. The summed E-state index contributed by atoms with van der Waals surface area (Å²) >= 11 is 3.30. The number of aryl methyl sites for hydroxylation is 1. The second-order valence-electron chi connectivity index (χ2n) is 6.54. The molecule has 0 saturated carbocycles. The number of rotatable bonds is 3. The second kappa shape index (κ2) is 6.65. The Balaban J connectivity index is 2.00. The minimum atomic E-state index is -1.15. The Morgan fingerprint density at radius 1 is 1.04 bits per heavy atom. The van der Waals surface area contributed by atoms with Gasteiger partial charge in [-0.1, -0.05) is 30.3 Å². The van der Waals surface area contributed by atoms with Crippen molar-refractivity contribution in [1.82, 2.24) is 4.57 Å². The standard InChI is InChI=1S/C21H18BrNO3/c22-17-12-15(11-16(20(17)24)21(25)26)23-18-9-5-4-8-14(18)10-19(23)13-6-2-1-3-7-13/h1-3,6-7,10-12,24H,4-5,8-9H2,(H,25,26). The summed E-state index contributed by atoms with van der Waals surface area (Å²) in [6, 6.07) is 15.6. The Labute approximate surface area is 159 Å². The van der Waals surface area contributed by atoms with Gasteiger partial charge in [-0.3, -0.25) is 0 Å². The van der Waals surface area contributed by atoms with Gasteiger partial charge < -0.3 is 14.8 Å². The van der Waals surface area contributed by atoms with E-state index in [4.69, 9.17) is 0 Å². The van der Waals surface area contributed by atoms with Gasteiger partial charge in [0.2, 0.25) is 0 Å². The molecule has 132 valence electrons. The fourth-order valence-electron chi connectivity index (χ4n) is 3.69. The number of hydrogen-bond acceptors (Lipinski definition) is 2. The van der Waals surface area contributed by atoms with Crippen molar-refractivity contribution in [3.8, 4) is 22.7 Å². The first-order chi connectivity index (χ1) is 12.6. The van der Waals surface area contributed by atoms with Crippen LogP contribution < -0.4 is 0 Å². The Morgan fingerprint density at radius 2 is 1.77 bits per heavy atom. The number of hydrogen-bond donors (Lipinski definition) is 2. The van der Waals surface area contributed by atoms with Gasteiger partial charge in [0, 0.05) is 11.4 Å². The number of fused-ring (bicyclic) bond motifs is 1. The summed E-state index contributed by atoms with van der Waals surface area (Å²) in [6.45, 7) is 0. The minimum Gasteiger partial charge on any atom is -0.506 e. The van der Waals surface area contributed by atoms with Crippen molar-refractivity contribution >= 4 is 21.9 Å². The summed E-state index contributed by atoms with van der Waals surface area (Å²) in [5.74, 6) is -1.39. The predicted octanol–water partition coefficient (Wildman–Crippen LogP) is 5.19. The SMILES string of the molecule is O=C(O)c1cc(-n2c(-c3ccccc3)cc3c2CCCC3)cc(Br)c1O. The first-order valence-electron chi connectivity index (χ1n) is 8.61. The van der Waals surface area contributed by atoms with Crippen molar-refractivity contribution in [2.75, 3.05) is 0 Å². The number of carbonyl (C=O) groups is 1. The van der Waals surface area contributed by atoms with Crippen LogP contribution in [0, 0.1) is 0 Å². The minimum absolute atomic E-state index is 0.105. The van der Waals surface area contributed by atoms with E-state index in [0.29, 0.717) is 4.47 Å². The van der Waals surface area contributed by atoms with Crippen LogP contribution in [0.5, 0.6) is 5.75 Å². The molecule has 0 unspecified atom stereocenters. The molecule has 0 aliphatic heterocycles. The van der Waals surface area contributed by atoms with E-state index < -0.39 is 5.97 Å². The Bertz CT molecular complexity index is 992. The average molecular weight is 412 g/mol. The number of carboxylic acids is 1. The van der Waals surface area contributed by atoms with Crippen LogP contribution in [0.3, 0.4) is 0 Å². The van der Waals surface area contributed by atoms with E-state index >= 15 is 0 Å². The maximum absolute atomic E-state index is 11.5. The Kier molecular flexibility index (Phi) is 4.32. The average Bonchev–Trinajstić information content (AvgIpc) is 3.04. The van der Waals surface area contributed by atoms with Crippen molar-refractivity contribution in [3.05, 3.63) is 69.8 Å². The highest BCUT2D eigenvalue weighted by atomic mass is 79.9. The Morgan fingerprint density at radius 3 is 2.50 bits per heavy atom. The van der Waals surface area contributed by atoms with Gasteiger partial charge in [0.1, 0.15) is 11.3 Å². The molecule has 2 N–H and O–H groups in total. The van der Waals surface area contributed by atoms with E-state index in [-0.39, 0.29) is 11.3 Å². The molecule has 5 heteroatoms. The number of halogens is 1. The van der Waals surface area contributed by atoms with Crippen LogP contribution in [-0.2, 0) is 12.8 Å². The summed E-state index contributed by atoms with van der Waals surface area (Å²) in [7, 11) is 0. The molecular weight excluding hydrogens is 394 g/mol. The van der Waals surface area contributed by atoms with Crippen molar-refractivity contribution in [1.29, 1.82) is 0 Å². The van der Waals surface area contributed by atoms with E-state index in [1.54, 1.807) is 12.1 Å². The van der Waals surface area contributed by atoms with Crippen molar-refractivity contribution < 1.29 is 15.0 Å². The zero-order chi connectivity index (χ0) is 18.3. The van der Waals surface area contributed by atoms with Crippen molar-refractivity contribution in [2.24, 2.45) is 0 Å². The summed E-state index contributed by atoms with van der Waals surface area (Å²) in [5, 5.41) is 19.5. The van der Waals surface area contributed by atoms with Crippen LogP contribution in [0.25, 0.3) is 16.9 Å². The van der Waals surface area contributed by atoms with Gasteiger partial charge in [-0.15, -0.1) is 0 Å².